The van der Waals surface area contributed by atoms with Gasteiger partial charge in [-0.1, -0.05) is 0 Å². The van der Waals surface area contributed by atoms with E-state index in [0.717, 1.165) is 11.8 Å². The first-order chi connectivity index (χ1) is 13.9. The molecule has 1 aliphatic rings. The van der Waals surface area contributed by atoms with Gasteiger partial charge in [-0.15, -0.1) is 0 Å². The van der Waals surface area contributed by atoms with Gasteiger partial charge in [-0.05, 0) is 63.4 Å². The Morgan fingerprint density at radius 3 is 2.47 bits per heavy atom. The third-order valence-electron chi connectivity index (χ3n) is 5.23. The molecule has 1 unspecified atom stereocenters. The van der Waals surface area contributed by atoms with Crippen LogP contribution in [-0.2, 0) is 21.2 Å². The van der Waals surface area contributed by atoms with Gasteiger partial charge in [0.1, 0.15) is 0 Å². The van der Waals surface area contributed by atoms with Crippen LogP contribution in [-0.4, -0.2) is 49.8 Å². The number of ether oxygens (including phenoxy) is 1. The summed E-state index contributed by atoms with van der Waals surface area (Å²) in [5.41, 5.74) is 3.37. The second-order valence-electron chi connectivity index (χ2n) is 7.64. The van der Waals surface area contributed by atoms with E-state index in [-0.39, 0.29) is 23.1 Å². The van der Waals surface area contributed by atoms with Crippen LogP contribution >= 0.6 is 0 Å². The number of aryl methyl sites for hydroxylation is 1. The number of carbonyl (C=O) groups is 3. The molecule has 0 spiro atoms. The number of esters is 1. The molecule has 0 aliphatic carbocycles. The van der Waals surface area contributed by atoms with E-state index in [0.29, 0.717) is 28.9 Å². The fourth-order valence-corrected chi connectivity index (χ4v) is 5.34. The van der Waals surface area contributed by atoms with Gasteiger partial charge in [-0.2, -0.15) is 0 Å². The molecule has 0 saturated heterocycles. The number of ketones is 2. The van der Waals surface area contributed by atoms with Crippen molar-refractivity contribution in [2.45, 2.75) is 40.2 Å². The molecule has 0 amide bonds. The standard InChI is InChI=1S/C21H24N2O6S/c1-11-8-16-9-15(6-7-17(16)23(11)30(5,27)28)21(26)29-10-18(25)20-12(2)19(14(4)24)13(3)22-20/h6-7,9,11,22H,8,10H2,1-5H3. The number of hydrogen-bond donors (Lipinski definition) is 1. The van der Waals surface area contributed by atoms with Crippen molar-refractivity contribution in [3.63, 3.8) is 0 Å². The molecule has 1 atom stereocenters. The Balaban J connectivity index is 1.74. The highest BCUT2D eigenvalue weighted by Gasteiger charge is 2.33. The summed E-state index contributed by atoms with van der Waals surface area (Å²) < 4.78 is 30.5. The number of benzene rings is 1. The third-order valence-corrected chi connectivity index (χ3v) is 6.50. The smallest absolute Gasteiger partial charge is 0.338 e. The van der Waals surface area contributed by atoms with E-state index in [9.17, 15) is 22.8 Å². The van der Waals surface area contributed by atoms with Crippen LogP contribution in [0.25, 0.3) is 0 Å². The zero-order valence-electron chi connectivity index (χ0n) is 17.5. The van der Waals surface area contributed by atoms with Crippen LogP contribution in [0.5, 0.6) is 0 Å². The lowest BCUT2D eigenvalue weighted by Crippen LogP contribution is -2.34. The number of carbonyl (C=O) groups excluding carboxylic acids is 3. The molecule has 160 valence electrons. The maximum atomic E-state index is 12.5. The van der Waals surface area contributed by atoms with E-state index in [1.54, 1.807) is 32.9 Å². The largest absolute Gasteiger partial charge is 0.454 e. The molecule has 3 rings (SSSR count). The van der Waals surface area contributed by atoms with Crippen LogP contribution < -0.4 is 4.31 Å². The van der Waals surface area contributed by atoms with Crippen LogP contribution in [0.15, 0.2) is 18.2 Å². The van der Waals surface area contributed by atoms with Gasteiger partial charge in [0.25, 0.3) is 0 Å². The van der Waals surface area contributed by atoms with E-state index in [2.05, 4.69) is 4.98 Å². The van der Waals surface area contributed by atoms with E-state index < -0.39 is 28.4 Å². The van der Waals surface area contributed by atoms with Gasteiger partial charge in [0.2, 0.25) is 15.8 Å². The average molecular weight is 432 g/mol. The van der Waals surface area contributed by atoms with Crippen LogP contribution in [0.2, 0.25) is 0 Å². The highest BCUT2D eigenvalue weighted by atomic mass is 32.2. The van der Waals surface area contributed by atoms with Crippen molar-refractivity contribution in [1.29, 1.82) is 0 Å². The number of H-pyrrole nitrogens is 1. The second kappa shape index (κ2) is 7.71. The van der Waals surface area contributed by atoms with Crippen molar-refractivity contribution in [3.05, 3.63) is 51.8 Å². The first kappa shape index (κ1) is 21.8. The minimum Gasteiger partial charge on any atom is -0.454 e. The number of nitrogens with one attached hydrogen (secondary N) is 1. The Morgan fingerprint density at radius 2 is 1.90 bits per heavy atom. The second-order valence-corrected chi connectivity index (χ2v) is 9.50. The molecule has 1 aliphatic heterocycles. The molecule has 30 heavy (non-hydrogen) atoms. The molecule has 2 heterocycles. The Kier molecular flexibility index (Phi) is 5.60. The number of sulfonamides is 1. The van der Waals surface area contributed by atoms with Crippen molar-refractivity contribution < 1.29 is 27.5 Å². The minimum absolute atomic E-state index is 0.146. The third kappa shape index (κ3) is 3.89. The number of nitrogens with zero attached hydrogens (tertiary/aromatic N) is 1. The van der Waals surface area contributed by atoms with Crippen LogP contribution in [0, 0.1) is 13.8 Å². The van der Waals surface area contributed by atoms with Gasteiger partial charge < -0.3 is 9.72 Å². The zero-order chi connectivity index (χ0) is 22.4. The fraction of sp³-hybridized carbons (Fsp3) is 0.381. The molecule has 0 saturated carbocycles. The fourth-order valence-electron chi connectivity index (χ4n) is 4.08. The molecular formula is C21H24N2O6S. The molecule has 1 aromatic heterocycles. The summed E-state index contributed by atoms with van der Waals surface area (Å²) in [4.78, 5) is 39.5. The van der Waals surface area contributed by atoms with Gasteiger partial charge in [0.15, 0.2) is 12.4 Å². The van der Waals surface area contributed by atoms with Gasteiger partial charge in [-0.25, -0.2) is 13.2 Å². The maximum absolute atomic E-state index is 12.5. The van der Waals surface area contributed by atoms with Crippen molar-refractivity contribution in [2.24, 2.45) is 0 Å². The summed E-state index contributed by atoms with van der Waals surface area (Å²) in [7, 11) is -3.42. The molecule has 1 aromatic carbocycles. The van der Waals surface area contributed by atoms with Gasteiger partial charge >= 0.3 is 5.97 Å². The lowest BCUT2D eigenvalue weighted by molar-refractivity contribution is 0.0473. The number of rotatable bonds is 6. The van der Waals surface area contributed by atoms with Gasteiger partial charge in [0, 0.05) is 17.3 Å². The Morgan fingerprint density at radius 1 is 1.23 bits per heavy atom. The Labute approximate surface area is 175 Å². The summed E-state index contributed by atoms with van der Waals surface area (Å²) in [6.07, 6.45) is 1.63. The number of hydrogen-bond acceptors (Lipinski definition) is 6. The average Bonchev–Trinajstić information content (AvgIpc) is 3.13. The van der Waals surface area contributed by atoms with Gasteiger partial charge in [-0.3, -0.25) is 13.9 Å². The molecule has 0 radical (unpaired) electrons. The van der Waals surface area contributed by atoms with Crippen molar-refractivity contribution in [1.82, 2.24) is 4.98 Å². The lowest BCUT2D eigenvalue weighted by Gasteiger charge is -2.21. The van der Waals surface area contributed by atoms with E-state index >= 15 is 0 Å². The number of anilines is 1. The molecule has 9 heteroatoms. The number of fused-ring (bicyclic) bond motifs is 1. The molecular weight excluding hydrogens is 408 g/mol. The molecule has 8 nitrogen and oxygen atoms in total. The Bertz CT molecular complexity index is 1160. The van der Waals surface area contributed by atoms with E-state index in [1.165, 1.54) is 17.3 Å². The zero-order valence-corrected chi connectivity index (χ0v) is 18.3. The topological polar surface area (TPSA) is 114 Å². The highest BCUT2D eigenvalue weighted by Crippen LogP contribution is 2.34. The first-order valence-corrected chi connectivity index (χ1v) is 11.3. The maximum Gasteiger partial charge on any atom is 0.338 e. The summed E-state index contributed by atoms with van der Waals surface area (Å²) >= 11 is 0. The predicted octanol–water partition coefficient (Wildman–Crippen LogP) is 2.58. The quantitative estimate of drug-likeness (QED) is 0.554. The van der Waals surface area contributed by atoms with Crippen LogP contribution in [0.4, 0.5) is 5.69 Å². The molecule has 0 fully saturated rings. The van der Waals surface area contributed by atoms with Crippen LogP contribution in [0.3, 0.4) is 0 Å². The van der Waals surface area contributed by atoms with E-state index in [1.807, 2.05) is 0 Å². The van der Waals surface area contributed by atoms with Crippen LogP contribution in [0.1, 0.15) is 61.9 Å². The monoisotopic (exact) mass is 432 g/mol. The van der Waals surface area contributed by atoms with Crippen molar-refractivity contribution >= 4 is 33.2 Å². The van der Waals surface area contributed by atoms with Crippen molar-refractivity contribution in [3.8, 4) is 0 Å². The molecule has 1 N–H and O–H groups in total. The molecule has 2 aromatic rings. The van der Waals surface area contributed by atoms with Crippen molar-refractivity contribution in [2.75, 3.05) is 17.2 Å². The summed E-state index contributed by atoms with van der Waals surface area (Å²) in [6, 6.07) is 4.43. The number of Topliss-reactive ketones (excluding diaryl/α,β-unsaturated/α-hetero) is 2. The highest BCUT2D eigenvalue weighted by molar-refractivity contribution is 7.92. The summed E-state index contributed by atoms with van der Waals surface area (Å²) in [6.45, 7) is 6.13. The minimum atomic E-state index is -3.42. The molecule has 0 bridgehead atoms. The summed E-state index contributed by atoms with van der Waals surface area (Å²) in [5.74, 6) is -1.26. The number of aromatic amines is 1. The van der Waals surface area contributed by atoms with E-state index in [4.69, 9.17) is 4.74 Å². The normalized spacial score (nSPS) is 15.8. The van der Waals surface area contributed by atoms with Gasteiger partial charge in [0.05, 0.1) is 23.2 Å². The first-order valence-electron chi connectivity index (χ1n) is 9.44. The Hall–Kier alpha value is -2.94. The SMILES string of the molecule is CC(=O)c1c(C)[nH]c(C(=O)COC(=O)c2ccc3c(c2)CC(C)N3S(C)(=O)=O)c1C. The summed E-state index contributed by atoms with van der Waals surface area (Å²) in [5, 5.41) is 0. The number of aromatic nitrogens is 1. The predicted molar refractivity (Wildman–Crippen MR) is 112 cm³/mol. The lowest BCUT2D eigenvalue weighted by atomic mass is 10.1.